The highest BCUT2D eigenvalue weighted by molar-refractivity contribution is 5.94. The number of halogens is 1. The molecule has 1 heterocycles. The average molecular weight is 443 g/mol. The molecule has 0 fully saturated rings. The Morgan fingerprint density at radius 2 is 1.79 bits per heavy atom. The van der Waals surface area contributed by atoms with Crippen LogP contribution in [0.5, 0.6) is 5.88 Å². The van der Waals surface area contributed by atoms with E-state index in [1.807, 2.05) is 31.2 Å². The molecule has 4 aromatic rings. The first-order chi connectivity index (χ1) is 16.0. The number of hydrogen-bond donors (Lipinski definition) is 1. The van der Waals surface area contributed by atoms with Gasteiger partial charge in [-0.15, -0.1) is 5.10 Å². The Bertz CT molecular complexity index is 1330. The summed E-state index contributed by atoms with van der Waals surface area (Å²) in [6, 6.07) is 23.5. The quantitative estimate of drug-likeness (QED) is 0.465. The second kappa shape index (κ2) is 9.91. The van der Waals surface area contributed by atoms with E-state index < -0.39 is 0 Å². The number of nitrogens with zero attached hydrogens (tertiary/aromatic N) is 2. The number of hydrogen-bond acceptors (Lipinski definition) is 4. The molecule has 4 rings (SSSR count). The molecule has 33 heavy (non-hydrogen) atoms. The van der Waals surface area contributed by atoms with E-state index >= 15 is 0 Å². The van der Waals surface area contributed by atoms with Crippen molar-refractivity contribution in [3.63, 3.8) is 0 Å². The lowest BCUT2D eigenvalue weighted by Gasteiger charge is -2.10. The van der Waals surface area contributed by atoms with Gasteiger partial charge in [0.15, 0.2) is 0 Å². The summed E-state index contributed by atoms with van der Waals surface area (Å²) >= 11 is 0. The fourth-order valence-electron chi connectivity index (χ4n) is 3.29. The number of carbonyl (C=O) groups excluding carboxylic acids is 1. The molecule has 3 aromatic carbocycles. The second-order valence-corrected chi connectivity index (χ2v) is 7.52. The third kappa shape index (κ3) is 5.51. The molecule has 0 unspecified atom stereocenters. The molecule has 0 aliphatic rings. The van der Waals surface area contributed by atoms with E-state index in [1.54, 1.807) is 42.5 Å². The number of aryl methyl sites for hydroxylation is 1. The van der Waals surface area contributed by atoms with Crippen molar-refractivity contribution in [2.45, 2.75) is 20.1 Å². The predicted octanol–water partition coefficient (Wildman–Crippen LogP) is 4.19. The van der Waals surface area contributed by atoms with Crippen LogP contribution in [0.2, 0.25) is 0 Å². The van der Waals surface area contributed by atoms with Crippen LogP contribution in [0.15, 0.2) is 89.7 Å². The SMILES string of the molecule is Cc1cccc(COc2ccc(=O)n(-c3ccc(C(=O)NCc4ccccc4F)cc3)n2)c1. The van der Waals surface area contributed by atoms with E-state index in [4.69, 9.17) is 4.74 Å². The van der Waals surface area contributed by atoms with Gasteiger partial charge in [-0.25, -0.2) is 4.39 Å². The predicted molar refractivity (Wildman–Crippen MR) is 123 cm³/mol. The van der Waals surface area contributed by atoms with Crippen LogP contribution in [0.3, 0.4) is 0 Å². The molecule has 0 atom stereocenters. The van der Waals surface area contributed by atoms with Crippen LogP contribution in [-0.4, -0.2) is 15.7 Å². The molecular weight excluding hydrogens is 421 g/mol. The molecule has 0 spiro atoms. The first-order valence-electron chi connectivity index (χ1n) is 10.4. The average Bonchev–Trinajstić information content (AvgIpc) is 2.83. The summed E-state index contributed by atoms with van der Waals surface area (Å²) in [6.45, 7) is 2.41. The van der Waals surface area contributed by atoms with Gasteiger partial charge in [0.2, 0.25) is 5.88 Å². The van der Waals surface area contributed by atoms with Crippen LogP contribution < -0.4 is 15.6 Å². The normalized spacial score (nSPS) is 10.6. The summed E-state index contributed by atoms with van der Waals surface area (Å²) in [5, 5.41) is 6.97. The van der Waals surface area contributed by atoms with Gasteiger partial charge >= 0.3 is 0 Å². The largest absolute Gasteiger partial charge is 0.472 e. The summed E-state index contributed by atoms with van der Waals surface area (Å²) in [6.07, 6.45) is 0. The number of rotatable bonds is 7. The lowest BCUT2D eigenvalue weighted by molar-refractivity contribution is 0.0950. The summed E-state index contributed by atoms with van der Waals surface area (Å²) in [5.41, 5.74) is 3.09. The Hall–Kier alpha value is -4.26. The highest BCUT2D eigenvalue weighted by atomic mass is 19.1. The maximum atomic E-state index is 13.7. The molecular formula is C26H22FN3O3. The Morgan fingerprint density at radius 1 is 1.00 bits per heavy atom. The summed E-state index contributed by atoms with van der Waals surface area (Å²) in [7, 11) is 0. The highest BCUT2D eigenvalue weighted by Crippen LogP contribution is 2.13. The number of ether oxygens (including phenoxy) is 1. The molecule has 6 nitrogen and oxygen atoms in total. The van der Waals surface area contributed by atoms with E-state index in [1.165, 1.54) is 22.9 Å². The topological polar surface area (TPSA) is 73.2 Å². The van der Waals surface area contributed by atoms with Crippen LogP contribution in [-0.2, 0) is 13.2 Å². The van der Waals surface area contributed by atoms with Gasteiger partial charge in [-0.3, -0.25) is 9.59 Å². The maximum Gasteiger partial charge on any atom is 0.271 e. The van der Waals surface area contributed by atoms with Gasteiger partial charge < -0.3 is 10.1 Å². The minimum absolute atomic E-state index is 0.0780. The summed E-state index contributed by atoms with van der Waals surface area (Å²) in [4.78, 5) is 24.7. The van der Waals surface area contributed by atoms with Crippen molar-refractivity contribution in [3.05, 3.63) is 123 Å². The fourth-order valence-corrected chi connectivity index (χ4v) is 3.29. The van der Waals surface area contributed by atoms with Gasteiger partial charge in [-0.1, -0.05) is 48.0 Å². The van der Waals surface area contributed by atoms with E-state index in [2.05, 4.69) is 10.4 Å². The number of benzene rings is 3. The van der Waals surface area contributed by atoms with E-state index in [9.17, 15) is 14.0 Å². The standard InChI is InChI=1S/C26H22FN3O3/c1-18-5-4-6-19(15-18)17-33-24-13-14-25(31)30(29-24)22-11-9-20(10-12-22)26(32)28-16-21-7-2-3-8-23(21)27/h2-15H,16-17H2,1H3,(H,28,32). The van der Waals surface area contributed by atoms with Crippen molar-refractivity contribution >= 4 is 5.91 Å². The molecule has 1 N–H and O–H groups in total. The van der Waals surface area contributed by atoms with Crippen molar-refractivity contribution in [1.29, 1.82) is 0 Å². The van der Waals surface area contributed by atoms with Crippen LogP contribution in [0.4, 0.5) is 4.39 Å². The second-order valence-electron chi connectivity index (χ2n) is 7.52. The lowest BCUT2D eigenvalue weighted by Crippen LogP contribution is -2.24. The smallest absolute Gasteiger partial charge is 0.271 e. The molecule has 0 radical (unpaired) electrons. The third-order valence-electron chi connectivity index (χ3n) is 5.02. The number of carbonyl (C=O) groups is 1. The van der Waals surface area contributed by atoms with Crippen LogP contribution in [0.1, 0.15) is 27.0 Å². The van der Waals surface area contributed by atoms with Crippen molar-refractivity contribution in [3.8, 4) is 11.6 Å². The Kier molecular flexibility index (Phi) is 6.59. The van der Waals surface area contributed by atoms with Crippen molar-refractivity contribution in [2.24, 2.45) is 0 Å². The van der Waals surface area contributed by atoms with Gasteiger partial charge in [0.25, 0.3) is 11.5 Å². The monoisotopic (exact) mass is 443 g/mol. The molecule has 0 aliphatic carbocycles. The fraction of sp³-hybridized carbons (Fsp3) is 0.115. The third-order valence-corrected chi connectivity index (χ3v) is 5.02. The number of amides is 1. The van der Waals surface area contributed by atoms with Gasteiger partial charge in [0.05, 0.1) is 5.69 Å². The summed E-state index contributed by atoms with van der Waals surface area (Å²) < 4.78 is 20.7. The maximum absolute atomic E-state index is 13.7. The van der Waals surface area contributed by atoms with Crippen LogP contribution >= 0.6 is 0 Å². The minimum atomic E-state index is -0.372. The molecule has 1 amide bonds. The van der Waals surface area contributed by atoms with Crippen molar-refractivity contribution in [2.75, 3.05) is 0 Å². The van der Waals surface area contributed by atoms with Crippen molar-refractivity contribution < 1.29 is 13.9 Å². The highest BCUT2D eigenvalue weighted by Gasteiger charge is 2.09. The molecule has 7 heteroatoms. The van der Waals surface area contributed by atoms with Crippen LogP contribution in [0.25, 0.3) is 5.69 Å². The van der Waals surface area contributed by atoms with Crippen LogP contribution in [0, 0.1) is 12.7 Å². The molecule has 0 bridgehead atoms. The molecule has 1 aromatic heterocycles. The van der Waals surface area contributed by atoms with E-state index in [-0.39, 0.29) is 23.8 Å². The first kappa shape index (κ1) is 22.0. The summed E-state index contributed by atoms with van der Waals surface area (Å²) in [5.74, 6) is -0.411. The minimum Gasteiger partial charge on any atom is -0.472 e. The Morgan fingerprint density at radius 3 is 2.55 bits per heavy atom. The first-order valence-corrected chi connectivity index (χ1v) is 10.4. The zero-order chi connectivity index (χ0) is 23.2. The van der Waals surface area contributed by atoms with Crippen molar-refractivity contribution in [1.82, 2.24) is 15.1 Å². The number of nitrogens with one attached hydrogen (secondary N) is 1. The molecule has 0 aliphatic heterocycles. The zero-order valence-corrected chi connectivity index (χ0v) is 18.0. The van der Waals surface area contributed by atoms with E-state index in [0.29, 0.717) is 29.3 Å². The van der Waals surface area contributed by atoms with Gasteiger partial charge in [0.1, 0.15) is 12.4 Å². The number of aromatic nitrogens is 2. The molecule has 0 saturated carbocycles. The van der Waals surface area contributed by atoms with Gasteiger partial charge in [0, 0.05) is 29.8 Å². The molecule has 0 saturated heterocycles. The van der Waals surface area contributed by atoms with E-state index in [0.717, 1.165) is 11.1 Å². The van der Waals surface area contributed by atoms with Gasteiger partial charge in [-0.2, -0.15) is 4.68 Å². The Balaban J connectivity index is 1.44. The zero-order valence-electron chi connectivity index (χ0n) is 18.0. The van der Waals surface area contributed by atoms with Gasteiger partial charge in [-0.05, 0) is 42.8 Å². The molecule has 166 valence electrons. The lowest BCUT2D eigenvalue weighted by atomic mass is 10.1. The Labute approximate surface area is 190 Å².